The van der Waals surface area contributed by atoms with Gasteiger partial charge in [0, 0.05) is 17.1 Å². The molecule has 0 aromatic heterocycles. The van der Waals surface area contributed by atoms with E-state index in [9.17, 15) is 0 Å². The molecule has 0 heterocycles. The molecule has 7 nitrogen and oxygen atoms in total. The highest BCUT2D eigenvalue weighted by molar-refractivity contribution is 5.78. The first kappa shape index (κ1) is 27.7. The van der Waals surface area contributed by atoms with Gasteiger partial charge in [0.2, 0.25) is 0 Å². The molecule has 0 atom stereocenters. The van der Waals surface area contributed by atoms with Gasteiger partial charge in [-0.3, -0.25) is 0 Å². The van der Waals surface area contributed by atoms with Gasteiger partial charge >= 0.3 is 0 Å². The highest BCUT2D eigenvalue weighted by Gasteiger charge is 2.13. The van der Waals surface area contributed by atoms with Crippen LogP contribution in [-0.2, 0) is 0 Å². The molecule has 0 aliphatic rings. The Labute approximate surface area is 228 Å². The number of hydrogen-bond acceptors (Lipinski definition) is 7. The molecular weight excluding hydrogens is 494 g/mol. The molecule has 39 heavy (non-hydrogen) atoms. The van der Waals surface area contributed by atoms with Crippen LogP contribution in [-0.4, -0.2) is 55.0 Å². The minimum atomic E-state index is -0.0380. The van der Waals surface area contributed by atoms with E-state index < -0.39 is 0 Å². The molecule has 0 fully saturated rings. The lowest BCUT2D eigenvalue weighted by Gasteiger charge is -2.26. The largest absolute Gasteiger partial charge is 0.491 e. The van der Waals surface area contributed by atoms with Gasteiger partial charge in [0.05, 0.1) is 19.8 Å². The van der Waals surface area contributed by atoms with Crippen molar-refractivity contribution in [3.63, 3.8) is 0 Å². The van der Waals surface area contributed by atoms with Crippen molar-refractivity contribution in [1.82, 2.24) is 0 Å². The summed E-state index contributed by atoms with van der Waals surface area (Å²) in [7, 11) is 0. The maximum atomic E-state index is 9.03. The molecule has 0 aliphatic carbocycles. The summed E-state index contributed by atoms with van der Waals surface area (Å²) in [6.07, 6.45) is 4.09. The third kappa shape index (κ3) is 8.09. The molecule has 0 saturated heterocycles. The van der Waals surface area contributed by atoms with Crippen molar-refractivity contribution in [2.45, 2.75) is 0 Å². The molecule has 0 spiro atoms. The Hall–Kier alpha value is -4.30. The second-order valence-corrected chi connectivity index (χ2v) is 8.53. The van der Waals surface area contributed by atoms with Crippen molar-refractivity contribution in [2.75, 3.05) is 44.5 Å². The Balaban J connectivity index is 1.55. The van der Waals surface area contributed by atoms with Crippen molar-refractivity contribution in [3.8, 4) is 17.2 Å². The lowest BCUT2D eigenvalue weighted by Crippen LogP contribution is -2.10. The fraction of sp³-hybridized carbons (Fsp3) is 0.188. The molecule has 0 saturated carbocycles. The quantitative estimate of drug-likeness (QED) is 0.188. The van der Waals surface area contributed by atoms with Crippen molar-refractivity contribution in [1.29, 1.82) is 0 Å². The summed E-state index contributed by atoms with van der Waals surface area (Å²) >= 11 is 0. The molecule has 0 unspecified atom stereocenters. The topological polar surface area (TPSA) is 91.6 Å². The van der Waals surface area contributed by atoms with Crippen LogP contribution in [0.2, 0.25) is 0 Å². The number of aliphatic hydroxyl groups is 3. The van der Waals surface area contributed by atoms with Gasteiger partial charge in [-0.2, -0.15) is 0 Å². The molecule has 4 aromatic rings. The van der Waals surface area contributed by atoms with E-state index in [1.807, 2.05) is 78.9 Å². The molecule has 0 bridgehead atoms. The first-order valence-corrected chi connectivity index (χ1v) is 12.8. The van der Waals surface area contributed by atoms with E-state index in [-0.39, 0.29) is 39.6 Å². The Bertz CT molecular complexity index is 1240. The summed E-state index contributed by atoms with van der Waals surface area (Å²) in [5.41, 5.74) is 4.97. The zero-order valence-corrected chi connectivity index (χ0v) is 21.6. The van der Waals surface area contributed by atoms with Crippen LogP contribution in [0.15, 0.2) is 97.1 Å². The van der Waals surface area contributed by atoms with E-state index in [0.29, 0.717) is 11.5 Å². The second-order valence-electron chi connectivity index (χ2n) is 8.53. The molecular formula is C32H33NO6. The fourth-order valence-corrected chi connectivity index (χ4v) is 3.92. The van der Waals surface area contributed by atoms with Gasteiger partial charge in [-0.25, -0.2) is 0 Å². The van der Waals surface area contributed by atoms with Crippen LogP contribution in [0.5, 0.6) is 17.2 Å². The first-order valence-electron chi connectivity index (χ1n) is 12.8. The standard InChI is InChI=1S/C32H33NO6/c34-19-22-37-30-13-5-26(6-14-30)2-1-25-3-7-27(8-4-25)33(28-9-15-31(16-10-28)38-23-20-35)29-11-17-32(18-12-29)39-24-21-36/h1-18,34-36H,19-24H2. The van der Waals surface area contributed by atoms with E-state index in [4.69, 9.17) is 29.5 Å². The normalized spacial score (nSPS) is 10.9. The predicted molar refractivity (Wildman–Crippen MR) is 154 cm³/mol. The number of rotatable bonds is 14. The summed E-state index contributed by atoms with van der Waals surface area (Å²) in [5.74, 6) is 2.11. The lowest BCUT2D eigenvalue weighted by molar-refractivity contribution is 0.201. The van der Waals surface area contributed by atoms with Crippen molar-refractivity contribution in [3.05, 3.63) is 108 Å². The fourth-order valence-electron chi connectivity index (χ4n) is 3.92. The van der Waals surface area contributed by atoms with Gasteiger partial charge in [0.25, 0.3) is 0 Å². The van der Waals surface area contributed by atoms with E-state index >= 15 is 0 Å². The number of aliphatic hydroxyl groups excluding tert-OH is 3. The highest BCUT2D eigenvalue weighted by atomic mass is 16.5. The van der Waals surface area contributed by atoms with Gasteiger partial charge in [0.15, 0.2) is 0 Å². The smallest absolute Gasteiger partial charge is 0.119 e. The molecule has 0 aliphatic heterocycles. The van der Waals surface area contributed by atoms with E-state index in [2.05, 4.69) is 35.2 Å². The average Bonchev–Trinajstić information content (AvgIpc) is 2.99. The third-order valence-corrected chi connectivity index (χ3v) is 5.77. The van der Waals surface area contributed by atoms with Crippen LogP contribution in [0.4, 0.5) is 17.1 Å². The second kappa shape index (κ2) is 14.6. The Morgan fingerprint density at radius 1 is 0.436 bits per heavy atom. The van der Waals surface area contributed by atoms with Crippen LogP contribution in [0.1, 0.15) is 11.1 Å². The molecule has 4 rings (SSSR count). The summed E-state index contributed by atoms with van der Waals surface area (Å²) < 4.78 is 16.5. The molecule has 4 aromatic carbocycles. The van der Waals surface area contributed by atoms with Crippen molar-refractivity contribution >= 4 is 29.2 Å². The first-order chi connectivity index (χ1) is 19.2. The minimum Gasteiger partial charge on any atom is -0.491 e. The Morgan fingerprint density at radius 3 is 1.05 bits per heavy atom. The number of ether oxygens (including phenoxy) is 3. The van der Waals surface area contributed by atoms with Gasteiger partial charge in [-0.15, -0.1) is 0 Å². The van der Waals surface area contributed by atoms with Crippen LogP contribution >= 0.6 is 0 Å². The lowest BCUT2D eigenvalue weighted by atomic mass is 10.1. The summed E-state index contributed by atoms with van der Waals surface area (Å²) in [6.45, 7) is 0.684. The van der Waals surface area contributed by atoms with Crippen LogP contribution in [0, 0.1) is 0 Å². The number of hydrogen-bond donors (Lipinski definition) is 3. The maximum Gasteiger partial charge on any atom is 0.119 e. The van der Waals surface area contributed by atoms with Gasteiger partial charge in [-0.05, 0) is 83.9 Å². The number of anilines is 3. The number of benzene rings is 4. The average molecular weight is 528 g/mol. The van der Waals surface area contributed by atoms with E-state index in [1.54, 1.807) is 0 Å². The molecule has 3 N–H and O–H groups in total. The van der Waals surface area contributed by atoms with Crippen LogP contribution in [0.25, 0.3) is 12.2 Å². The summed E-state index contributed by atoms with van der Waals surface area (Å²) in [6, 6.07) is 31.4. The maximum absolute atomic E-state index is 9.03. The van der Waals surface area contributed by atoms with Gasteiger partial charge in [0.1, 0.15) is 37.1 Å². The van der Waals surface area contributed by atoms with Crippen LogP contribution in [0.3, 0.4) is 0 Å². The third-order valence-electron chi connectivity index (χ3n) is 5.77. The predicted octanol–water partition coefficient (Wildman–Crippen LogP) is 5.44. The highest BCUT2D eigenvalue weighted by Crippen LogP contribution is 2.36. The SMILES string of the molecule is OCCOc1ccc(C=Cc2ccc(N(c3ccc(OCCO)cc3)c3ccc(OCCO)cc3)cc2)cc1. The van der Waals surface area contributed by atoms with Gasteiger partial charge < -0.3 is 34.4 Å². The van der Waals surface area contributed by atoms with Crippen LogP contribution < -0.4 is 19.1 Å². The number of nitrogens with zero attached hydrogens (tertiary/aromatic N) is 1. The van der Waals surface area contributed by atoms with Gasteiger partial charge in [-0.1, -0.05) is 36.4 Å². The molecule has 7 heteroatoms. The zero-order valence-electron chi connectivity index (χ0n) is 21.6. The van der Waals surface area contributed by atoms with Crippen molar-refractivity contribution in [2.24, 2.45) is 0 Å². The molecule has 0 radical (unpaired) electrons. The molecule has 202 valence electrons. The van der Waals surface area contributed by atoms with E-state index in [1.165, 1.54) is 0 Å². The Kier molecular flexibility index (Phi) is 10.4. The van der Waals surface area contributed by atoms with E-state index in [0.717, 1.165) is 33.9 Å². The zero-order chi connectivity index (χ0) is 27.3. The summed E-state index contributed by atoms with van der Waals surface area (Å²) in [4.78, 5) is 2.13. The minimum absolute atomic E-state index is 0.0101. The monoisotopic (exact) mass is 527 g/mol. The Morgan fingerprint density at radius 2 is 0.718 bits per heavy atom. The van der Waals surface area contributed by atoms with Crippen molar-refractivity contribution < 1.29 is 29.5 Å². The summed E-state index contributed by atoms with van der Waals surface area (Å²) in [5, 5.41) is 27.0. The molecule has 0 amide bonds.